The van der Waals surface area contributed by atoms with Gasteiger partial charge in [0.1, 0.15) is 0 Å². The number of rotatable bonds is 3. The Bertz CT molecular complexity index is 197. The number of nitrogens with zero attached hydrogens (tertiary/aromatic N) is 1. The third-order valence-electron chi connectivity index (χ3n) is 1.99. The van der Waals surface area contributed by atoms with Crippen molar-refractivity contribution in [3.63, 3.8) is 0 Å². The van der Waals surface area contributed by atoms with Crippen LogP contribution >= 0.6 is 0 Å². The van der Waals surface area contributed by atoms with Gasteiger partial charge in [0.05, 0.1) is 6.04 Å². The highest BCUT2D eigenvalue weighted by Crippen LogP contribution is 2.23. The molecule has 0 saturated carbocycles. The van der Waals surface area contributed by atoms with E-state index < -0.39 is 0 Å². The molecule has 0 radical (unpaired) electrons. The molecule has 0 heterocycles. The van der Waals surface area contributed by atoms with Crippen molar-refractivity contribution in [2.75, 3.05) is 6.54 Å². The summed E-state index contributed by atoms with van der Waals surface area (Å²) in [6.45, 7) is 11.2. The van der Waals surface area contributed by atoms with Gasteiger partial charge in [-0.1, -0.05) is 26.8 Å². The molecule has 0 aromatic heterocycles. The lowest BCUT2D eigenvalue weighted by molar-refractivity contribution is 0.525. The minimum absolute atomic E-state index is 0.173. The molecule has 2 heteroatoms. The Morgan fingerprint density at radius 2 is 2.00 bits per heavy atom. The number of aliphatic imine (C=N–C) groups is 1. The lowest BCUT2D eigenvalue weighted by Crippen LogP contribution is -2.16. The molecule has 0 aromatic rings. The van der Waals surface area contributed by atoms with Crippen LogP contribution in [0, 0.1) is 5.41 Å². The van der Waals surface area contributed by atoms with Crippen LogP contribution in [-0.4, -0.2) is 18.8 Å². The fourth-order valence-corrected chi connectivity index (χ4v) is 0.970. The third kappa shape index (κ3) is 4.83. The maximum absolute atomic E-state index is 5.48. The molecule has 0 saturated heterocycles. The molecule has 0 rings (SSSR count). The monoisotopic (exact) mass is 182 g/mol. The van der Waals surface area contributed by atoms with Gasteiger partial charge in [-0.2, -0.15) is 0 Å². The average molecular weight is 182 g/mol. The van der Waals surface area contributed by atoms with E-state index in [1.54, 1.807) is 0 Å². The first kappa shape index (κ1) is 12.4. The lowest BCUT2D eigenvalue weighted by Gasteiger charge is -2.19. The van der Waals surface area contributed by atoms with Crippen LogP contribution in [0.25, 0.3) is 0 Å². The van der Waals surface area contributed by atoms with Gasteiger partial charge in [-0.25, -0.2) is 0 Å². The summed E-state index contributed by atoms with van der Waals surface area (Å²) in [4.78, 5) is 4.36. The molecule has 76 valence electrons. The third-order valence-corrected chi connectivity index (χ3v) is 1.99. The molecular formula is C11H22N2. The predicted octanol–water partition coefficient (Wildman–Crippen LogP) is 2.40. The van der Waals surface area contributed by atoms with Crippen molar-refractivity contribution in [1.82, 2.24) is 0 Å². The van der Waals surface area contributed by atoms with E-state index in [1.807, 2.05) is 20.1 Å². The number of hydrogen-bond acceptors (Lipinski definition) is 2. The SMILES string of the molecule is C/C=C(\C=N/C(C)CN)C(C)(C)C. The maximum Gasteiger partial charge on any atom is 0.0593 e. The Labute approximate surface area is 81.9 Å². The smallest absolute Gasteiger partial charge is 0.0593 e. The predicted molar refractivity (Wildman–Crippen MR) is 60.2 cm³/mol. The summed E-state index contributed by atoms with van der Waals surface area (Å²) >= 11 is 0. The lowest BCUT2D eigenvalue weighted by atomic mass is 9.87. The van der Waals surface area contributed by atoms with E-state index >= 15 is 0 Å². The van der Waals surface area contributed by atoms with Crippen molar-refractivity contribution >= 4 is 6.21 Å². The van der Waals surface area contributed by atoms with E-state index in [-0.39, 0.29) is 11.5 Å². The van der Waals surface area contributed by atoms with E-state index in [0.717, 1.165) is 0 Å². The molecule has 1 atom stereocenters. The van der Waals surface area contributed by atoms with E-state index in [1.165, 1.54) is 5.57 Å². The molecule has 0 bridgehead atoms. The molecule has 0 spiro atoms. The molecule has 0 aliphatic carbocycles. The van der Waals surface area contributed by atoms with Crippen molar-refractivity contribution in [2.24, 2.45) is 16.1 Å². The second-order valence-electron chi connectivity index (χ2n) is 4.36. The quantitative estimate of drug-likeness (QED) is 0.669. The minimum Gasteiger partial charge on any atom is -0.328 e. The maximum atomic E-state index is 5.48. The van der Waals surface area contributed by atoms with Crippen LogP contribution in [0.5, 0.6) is 0 Å². The Hall–Kier alpha value is -0.630. The second kappa shape index (κ2) is 5.18. The zero-order chi connectivity index (χ0) is 10.5. The van der Waals surface area contributed by atoms with Gasteiger partial charge < -0.3 is 5.73 Å². The van der Waals surface area contributed by atoms with E-state index in [0.29, 0.717) is 6.54 Å². The Balaban J connectivity index is 4.41. The van der Waals surface area contributed by atoms with Crippen molar-refractivity contribution < 1.29 is 0 Å². The molecule has 0 aliphatic heterocycles. The number of nitrogens with two attached hydrogens (primary N) is 1. The number of allylic oxidation sites excluding steroid dienone is 2. The summed E-state index contributed by atoms with van der Waals surface area (Å²) in [5, 5.41) is 0. The highest BCUT2D eigenvalue weighted by Gasteiger charge is 2.13. The standard InChI is InChI=1S/C11H22N2/c1-6-10(11(3,4)5)8-13-9(2)7-12/h6,8-9H,7,12H2,1-5H3/b10-6+,13-8-. The first-order chi connectivity index (χ1) is 5.91. The summed E-state index contributed by atoms with van der Waals surface area (Å²) in [7, 11) is 0. The summed E-state index contributed by atoms with van der Waals surface area (Å²) < 4.78 is 0. The minimum atomic E-state index is 0.173. The summed E-state index contributed by atoms with van der Waals surface area (Å²) in [5.41, 5.74) is 6.91. The first-order valence-corrected chi connectivity index (χ1v) is 4.81. The zero-order valence-corrected chi connectivity index (χ0v) is 9.46. The molecule has 0 amide bonds. The van der Waals surface area contributed by atoms with Gasteiger partial charge in [-0.3, -0.25) is 4.99 Å². The van der Waals surface area contributed by atoms with Crippen LogP contribution < -0.4 is 5.73 Å². The van der Waals surface area contributed by atoms with Crippen LogP contribution in [0.4, 0.5) is 0 Å². The van der Waals surface area contributed by atoms with E-state index in [9.17, 15) is 0 Å². The Morgan fingerprint density at radius 1 is 1.46 bits per heavy atom. The molecule has 2 N–H and O–H groups in total. The fourth-order valence-electron chi connectivity index (χ4n) is 0.970. The van der Waals surface area contributed by atoms with Crippen LogP contribution in [0.15, 0.2) is 16.6 Å². The van der Waals surface area contributed by atoms with Gasteiger partial charge >= 0.3 is 0 Å². The molecule has 0 fully saturated rings. The van der Waals surface area contributed by atoms with Gasteiger partial charge in [-0.15, -0.1) is 0 Å². The summed E-state index contributed by atoms with van der Waals surface area (Å²) in [6.07, 6.45) is 4.05. The largest absolute Gasteiger partial charge is 0.328 e. The molecule has 0 aromatic carbocycles. The topological polar surface area (TPSA) is 38.4 Å². The summed E-state index contributed by atoms with van der Waals surface area (Å²) in [6, 6.07) is 0.220. The Morgan fingerprint density at radius 3 is 2.31 bits per heavy atom. The van der Waals surface area contributed by atoms with Crippen LogP contribution in [0.3, 0.4) is 0 Å². The first-order valence-electron chi connectivity index (χ1n) is 4.81. The molecule has 0 aliphatic rings. The van der Waals surface area contributed by atoms with Crippen molar-refractivity contribution in [2.45, 2.75) is 40.7 Å². The molecule has 1 unspecified atom stereocenters. The van der Waals surface area contributed by atoms with Gasteiger partial charge in [0.25, 0.3) is 0 Å². The normalized spacial score (nSPS) is 16.6. The van der Waals surface area contributed by atoms with Gasteiger partial charge in [-0.05, 0) is 24.8 Å². The van der Waals surface area contributed by atoms with E-state index in [2.05, 4.69) is 31.8 Å². The zero-order valence-electron chi connectivity index (χ0n) is 9.46. The fraction of sp³-hybridized carbons (Fsp3) is 0.727. The van der Waals surface area contributed by atoms with Crippen LogP contribution in [0.1, 0.15) is 34.6 Å². The van der Waals surface area contributed by atoms with Gasteiger partial charge in [0.15, 0.2) is 0 Å². The second-order valence-corrected chi connectivity index (χ2v) is 4.36. The summed E-state index contributed by atoms with van der Waals surface area (Å²) in [5.74, 6) is 0. The van der Waals surface area contributed by atoms with Crippen molar-refractivity contribution in [3.8, 4) is 0 Å². The molecule has 2 nitrogen and oxygen atoms in total. The highest BCUT2D eigenvalue weighted by atomic mass is 14.8. The van der Waals surface area contributed by atoms with Crippen LogP contribution in [0.2, 0.25) is 0 Å². The number of hydrogen-bond donors (Lipinski definition) is 1. The van der Waals surface area contributed by atoms with Crippen molar-refractivity contribution in [3.05, 3.63) is 11.6 Å². The van der Waals surface area contributed by atoms with Crippen molar-refractivity contribution in [1.29, 1.82) is 0 Å². The average Bonchev–Trinajstić information content (AvgIpc) is 2.02. The highest BCUT2D eigenvalue weighted by molar-refractivity contribution is 5.80. The molecule has 13 heavy (non-hydrogen) atoms. The molecular weight excluding hydrogens is 160 g/mol. The van der Waals surface area contributed by atoms with Crippen LogP contribution in [-0.2, 0) is 0 Å². The van der Waals surface area contributed by atoms with Gasteiger partial charge in [0, 0.05) is 12.8 Å². The van der Waals surface area contributed by atoms with Gasteiger partial charge in [0.2, 0.25) is 0 Å². The Kier molecular flexibility index (Phi) is 4.92. The van der Waals surface area contributed by atoms with E-state index in [4.69, 9.17) is 5.73 Å².